The minimum absolute atomic E-state index is 0.0459. The Hall–Kier alpha value is -1.25. The molecule has 2 heterocycles. The summed E-state index contributed by atoms with van der Waals surface area (Å²) >= 11 is 9.03. The van der Waals surface area contributed by atoms with Crippen molar-refractivity contribution in [2.45, 2.75) is 5.03 Å². The van der Waals surface area contributed by atoms with Crippen molar-refractivity contribution >= 4 is 43.2 Å². The number of pyridine rings is 1. The highest BCUT2D eigenvalue weighted by molar-refractivity contribution is 9.10. The Labute approximate surface area is 129 Å². The number of methoxy groups -OCH3 is 1. The summed E-state index contributed by atoms with van der Waals surface area (Å²) in [6.45, 7) is 0. The molecule has 0 amide bonds. The van der Waals surface area contributed by atoms with Crippen LogP contribution in [0.2, 0.25) is 5.02 Å². The van der Waals surface area contributed by atoms with Crippen LogP contribution in [0, 0.1) is 0 Å². The molecule has 0 aliphatic heterocycles. The van der Waals surface area contributed by atoms with Gasteiger partial charge in [-0.3, -0.25) is 4.72 Å². The average Bonchev–Trinajstić information content (AvgIpc) is 2.69. The van der Waals surface area contributed by atoms with Crippen LogP contribution in [0.25, 0.3) is 0 Å². The Morgan fingerprint density at radius 3 is 2.70 bits per heavy atom. The first-order valence-electron chi connectivity index (χ1n) is 5.37. The SMILES string of the molecule is COc1ncc(Br)cc1NS(=O)(=O)c1cc(Cl)cn1C. The highest BCUT2D eigenvalue weighted by Gasteiger charge is 2.21. The van der Waals surface area contributed by atoms with Crippen LogP contribution >= 0.6 is 27.5 Å². The van der Waals surface area contributed by atoms with Gasteiger partial charge >= 0.3 is 0 Å². The predicted octanol–water partition coefficient (Wildman–Crippen LogP) is 2.65. The van der Waals surface area contributed by atoms with E-state index in [4.69, 9.17) is 16.3 Å². The molecule has 0 saturated carbocycles. The van der Waals surface area contributed by atoms with Gasteiger partial charge in [0.05, 0.1) is 12.1 Å². The summed E-state index contributed by atoms with van der Waals surface area (Å²) in [7, 11) is -0.781. The number of sulfonamides is 1. The van der Waals surface area contributed by atoms with Crippen molar-refractivity contribution in [2.75, 3.05) is 11.8 Å². The summed E-state index contributed by atoms with van der Waals surface area (Å²) in [6, 6.07) is 2.93. The Morgan fingerprint density at radius 1 is 1.45 bits per heavy atom. The topological polar surface area (TPSA) is 73.2 Å². The molecule has 0 atom stereocenters. The van der Waals surface area contributed by atoms with Crippen LogP contribution in [0.4, 0.5) is 5.69 Å². The van der Waals surface area contributed by atoms with Gasteiger partial charge < -0.3 is 9.30 Å². The maximum Gasteiger partial charge on any atom is 0.277 e. The highest BCUT2D eigenvalue weighted by atomic mass is 79.9. The molecular formula is C11H11BrClN3O3S. The molecule has 0 saturated heterocycles. The molecular weight excluding hydrogens is 370 g/mol. The van der Waals surface area contributed by atoms with Crippen molar-refractivity contribution in [3.8, 4) is 5.88 Å². The number of nitrogens with one attached hydrogen (secondary N) is 1. The Morgan fingerprint density at radius 2 is 2.15 bits per heavy atom. The fourth-order valence-electron chi connectivity index (χ4n) is 1.63. The van der Waals surface area contributed by atoms with E-state index in [0.717, 1.165) is 0 Å². The van der Waals surface area contributed by atoms with E-state index in [2.05, 4.69) is 25.6 Å². The van der Waals surface area contributed by atoms with Crippen molar-refractivity contribution in [1.29, 1.82) is 0 Å². The number of halogens is 2. The lowest BCUT2D eigenvalue weighted by Crippen LogP contribution is -2.16. The molecule has 0 fully saturated rings. The van der Waals surface area contributed by atoms with Crippen molar-refractivity contribution in [3.63, 3.8) is 0 Å². The number of anilines is 1. The number of hydrogen-bond acceptors (Lipinski definition) is 4. The minimum atomic E-state index is -3.78. The molecule has 2 aromatic rings. The van der Waals surface area contributed by atoms with E-state index < -0.39 is 10.0 Å². The van der Waals surface area contributed by atoms with Crippen molar-refractivity contribution in [2.24, 2.45) is 7.05 Å². The number of aromatic nitrogens is 2. The minimum Gasteiger partial charge on any atom is -0.479 e. The molecule has 2 aromatic heterocycles. The summed E-state index contributed by atoms with van der Waals surface area (Å²) in [5, 5.41) is 0.386. The van der Waals surface area contributed by atoms with Gasteiger partial charge in [-0.25, -0.2) is 4.98 Å². The van der Waals surface area contributed by atoms with Crippen molar-refractivity contribution in [3.05, 3.63) is 34.0 Å². The highest BCUT2D eigenvalue weighted by Crippen LogP contribution is 2.28. The van der Waals surface area contributed by atoms with E-state index in [0.29, 0.717) is 9.50 Å². The van der Waals surface area contributed by atoms with Crippen LogP contribution in [0.3, 0.4) is 0 Å². The molecule has 0 unspecified atom stereocenters. The molecule has 0 aliphatic carbocycles. The lowest BCUT2D eigenvalue weighted by atomic mass is 10.4. The number of ether oxygens (including phenoxy) is 1. The van der Waals surface area contributed by atoms with Crippen LogP contribution in [0.5, 0.6) is 5.88 Å². The number of aryl methyl sites for hydroxylation is 1. The molecule has 1 N–H and O–H groups in total. The maximum absolute atomic E-state index is 12.3. The summed E-state index contributed by atoms with van der Waals surface area (Å²) in [4.78, 5) is 3.97. The van der Waals surface area contributed by atoms with Gasteiger partial charge in [-0.05, 0) is 28.1 Å². The second kappa shape index (κ2) is 5.63. The molecule has 9 heteroatoms. The largest absolute Gasteiger partial charge is 0.479 e. The fourth-order valence-corrected chi connectivity index (χ4v) is 3.53. The molecule has 0 aliphatic rings. The molecule has 108 valence electrons. The third-order valence-corrected chi connectivity index (χ3v) is 4.54. The molecule has 2 rings (SSSR count). The molecule has 6 nitrogen and oxygen atoms in total. The first-order chi connectivity index (χ1) is 9.33. The predicted molar refractivity (Wildman–Crippen MR) is 79.7 cm³/mol. The van der Waals surface area contributed by atoms with Crippen LogP contribution in [0.15, 0.2) is 34.0 Å². The van der Waals surface area contributed by atoms with Gasteiger partial charge in [0, 0.05) is 23.9 Å². The van der Waals surface area contributed by atoms with E-state index in [1.54, 1.807) is 13.1 Å². The molecule has 20 heavy (non-hydrogen) atoms. The maximum atomic E-state index is 12.3. The molecule has 0 spiro atoms. The van der Waals surface area contributed by atoms with E-state index >= 15 is 0 Å². The summed E-state index contributed by atoms with van der Waals surface area (Å²) in [5.74, 6) is 0.178. The smallest absolute Gasteiger partial charge is 0.277 e. The van der Waals surface area contributed by atoms with Crippen LogP contribution in [-0.2, 0) is 17.1 Å². The lowest BCUT2D eigenvalue weighted by molar-refractivity contribution is 0.400. The number of rotatable bonds is 4. The van der Waals surface area contributed by atoms with Crippen LogP contribution in [-0.4, -0.2) is 25.1 Å². The number of hydrogen-bond donors (Lipinski definition) is 1. The Balaban J connectivity index is 2.43. The van der Waals surface area contributed by atoms with E-state index in [-0.39, 0.29) is 16.6 Å². The Kier molecular flexibility index (Phi) is 4.26. The van der Waals surface area contributed by atoms with Crippen molar-refractivity contribution in [1.82, 2.24) is 9.55 Å². The van der Waals surface area contributed by atoms with Gasteiger partial charge in [-0.2, -0.15) is 8.42 Å². The molecule has 0 aromatic carbocycles. The van der Waals surface area contributed by atoms with Crippen LogP contribution in [0.1, 0.15) is 0 Å². The molecule has 0 radical (unpaired) electrons. The zero-order valence-electron chi connectivity index (χ0n) is 10.6. The first-order valence-corrected chi connectivity index (χ1v) is 8.03. The molecule has 0 bridgehead atoms. The van der Waals surface area contributed by atoms with E-state index in [9.17, 15) is 8.42 Å². The van der Waals surface area contributed by atoms with Gasteiger partial charge in [0.25, 0.3) is 10.0 Å². The summed E-state index contributed by atoms with van der Waals surface area (Å²) in [5.41, 5.74) is 0.235. The normalized spacial score (nSPS) is 11.4. The zero-order valence-corrected chi connectivity index (χ0v) is 13.8. The lowest BCUT2D eigenvalue weighted by Gasteiger charge is -2.11. The van der Waals surface area contributed by atoms with Gasteiger partial charge in [0.2, 0.25) is 5.88 Å². The van der Waals surface area contributed by atoms with Crippen LogP contribution < -0.4 is 9.46 Å². The van der Waals surface area contributed by atoms with E-state index in [1.165, 1.54) is 30.1 Å². The third kappa shape index (κ3) is 3.08. The Bertz CT molecular complexity index is 745. The van der Waals surface area contributed by atoms with Gasteiger partial charge in [0.15, 0.2) is 5.03 Å². The fraction of sp³-hybridized carbons (Fsp3) is 0.182. The van der Waals surface area contributed by atoms with Gasteiger partial charge in [0.1, 0.15) is 5.69 Å². The number of nitrogens with zero attached hydrogens (tertiary/aromatic N) is 2. The zero-order chi connectivity index (χ0) is 14.9. The summed E-state index contributed by atoms with van der Waals surface area (Å²) in [6.07, 6.45) is 3.02. The van der Waals surface area contributed by atoms with Crippen molar-refractivity contribution < 1.29 is 13.2 Å². The van der Waals surface area contributed by atoms with Gasteiger partial charge in [-0.1, -0.05) is 11.6 Å². The summed E-state index contributed by atoms with van der Waals surface area (Å²) < 4.78 is 34.1. The standard InChI is InChI=1S/C11H11BrClN3O3S/c1-16-6-8(13)4-10(16)20(17,18)15-9-3-7(12)5-14-11(9)19-2/h3-6,15H,1-2H3. The van der Waals surface area contributed by atoms with Gasteiger partial charge in [-0.15, -0.1) is 0 Å². The average molecular weight is 381 g/mol. The quantitative estimate of drug-likeness (QED) is 0.885. The van der Waals surface area contributed by atoms with E-state index in [1.807, 2.05) is 0 Å². The third-order valence-electron chi connectivity index (χ3n) is 2.46. The monoisotopic (exact) mass is 379 g/mol. The second-order valence-corrected chi connectivity index (χ2v) is 6.90. The first kappa shape index (κ1) is 15.1. The second-order valence-electron chi connectivity index (χ2n) is 3.92.